The van der Waals surface area contributed by atoms with Crippen molar-refractivity contribution < 1.29 is 14.7 Å². The van der Waals surface area contributed by atoms with Crippen LogP contribution >= 0.6 is 0 Å². The third kappa shape index (κ3) is 3.62. The third-order valence-corrected chi connectivity index (χ3v) is 2.26. The van der Waals surface area contributed by atoms with Gasteiger partial charge in [0.05, 0.1) is 5.69 Å². The summed E-state index contributed by atoms with van der Waals surface area (Å²) in [5.74, 6) is -1.23. The summed E-state index contributed by atoms with van der Waals surface area (Å²) in [7, 11) is 0. The Morgan fingerprint density at radius 3 is 2.47 bits per heavy atom. The van der Waals surface area contributed by atoms with Crippen LogP contribution in [0.1, 0.15) is 43.2 Å². The standard InChI is InChI=1S/C12H18N2O3/c1-7-10(11(16)17)8(6-13-7)14-9(15)5-12(2,3)4/h6,13H,5H2,1-4H3,(H,14,15)(H,16,17). The lowest BCUT2D eigenvalue weighted by Gasteiger charge is -2.17. The number of carboxylic acids is 1. The fourth-order valence-electron chi connectivity index (χ4n) is 1.58. The second kappa shape index (κ2) is 4.61. The molecule has 1 heterocycles. The van der Waals surface area contributed by atoms with E-state index in [-0.39, 0.29) is 16.9 Å². The first kappa shape index (κ1) is 13.3. The number of H-pyrrole nitrogens is 1. The summed E-state index contributed by atoms with van der Waals surface area (Å²) >= 11 is 0. The zero-order valence-electron chi connectivity index (χ0n) is 10.5. The summed E-state index contributed by atoms with van der Waals surface area (Å²) in [6.07, 6.45) is 1.84. The van der Waals surface area contributed by atoms with Gasteiger partial charge in [-0.3, -0.25) is 4.79 Å². The smallest absolute Gasteiger partial charge is 0.339 e. The highest BCUT2D eigenvalue weighted by molar-refractivity contribution is 6.01. The van der Waals surface area contributed by atoms with E-state index in [2.05, 4.69) is 10.3 Å². The van der Waals surface area contributed by atoms with Crippen molar-refractivity contribution in [3.05, 3.63) is 17.5 Å². The zero-order valence-corrected chi connectivity index (χ0v) is 10.5. The van der Waals surface area contributed by atoms with Crippen molar-refractivity contribution in [2.45, 2.75) is 34.1 Å². The number of aromatic carboxylic acids is 1. The van der Waals surface area contributed by atoms with Crippen LogP contribution in [0.5, 0.6) is 0 Å². The number of carbonyl (C=O) groups excluding carboxylic acids is 1. The molecule has 0 aliphatic carbocycles. The zero-order chi connectivity index (χ0) is 13.2. The molecule has 1 aromatic heterocycles. The molecule has 0 bridgehead atoms. The number of rotatable bonds is 3. The highest BCUT2D eigenvalue weighted by Gasteiger charge is 2.20. The largest absolute Gasteiger partial charge is 0.478 e. The van der Waals surface area contributed by atoms with Crippen molar-refractivity contribution in [2.75, 3.05) is 5.32 Å². The molecule has 1 aromatic rings. The quantitative estimate of drug-likeness (QED) is 0.756. The first-order chi connectivity index (χ1) is 7.70. The molecule has 0 aromatic carbocycles. The van der Waals surface area contributed by atoms with Crippen LogP contribution in [0.3, 0.4) is 0 Å². The summed E-state index contributed by atoms with van der Waals surface area (Å²) in [5.41, 5.74) is 0.846. The number of hydrogen-bond acceptors (Lipinski definition) is 2. The normalized spacial score (nSPS) is 11.3. The summed E-state index contributed by atoms with van der Waals surface area (Å²) in [6.45, 7) is 7.51. The molecule has 0 unspecified atom stereocenters. The second-order valence-corrected chi connectivity index (χ2v) is 5.29. The molecule has 0 atom stereocenters. The number of aromatic amines is 1. The fourth-order valence-corrected chi connectivity index (χ4v) is 1.58. The lowest BCUT2D eigenvalue weighted by Crippen LogP contribution is -2.20. The van der Waals surface area contributed by atoms with Gasteiger partial charge in [-0.15, -0.1) is 0 Å². The van der Waals surface area contributed by atoms with Crippen molar-refractivity contribution in [2.24, 2.45) is 5.41 Å². The van der Waals surface area contributed by atoms with Gasteiger partial charge in [0.2, 0.25) is 5.91 Å². The van der Waals surface area contributed by atoms with Gasteiger partial charge in [0, 0.05) is 18.3 Å². The SMILES string of the molecule is Cc1[nH]cc(NC(=O)CC(C)(C)C)c1C(=O)O. The maximum absolute atomic E-state index is 11.7. The van der Waals surface area contributed by atoms with Gasteiger partial charge in [0.1, 0.15) is 5.56 Å². The maximum atomic E-state index is 11.7. The molecule has 5 heteroatoms. The molecule has 0 radical (unpaired) electrons. The van der Waals surface area contributed by atoms with Gasteiger partial charge in [0.25, 0.3) is 0 Å². The van der Waals surface area contributed by atoms with Gasteiger partial charge < -0.3 is 15.4 Å². The van der Waals surface area contributed by atoms with Crippen molar-refractivity contribution in [3.8, 4) is 0 Å². The lowest BCUT2D eigenvalue weighted by atomic mass is 9.92. The highest BCUT2D eigenvalue weighted by atomic mass is 16.4. The Hall–Kier alpha value is -1.78. The Labute approximate surface area is 100 Å². The molecule has 0 fully saturated rings. The third-order valence-electron chi connectivity index (χ3n) is 2.26. The monoisotopic (exact) mass is 238 g/mol. The minimum atomic E-state index is -1.05. The number of amides is 1. The molecule has 17 heavy (non-hydrogen) atoms. The Bertz CT molecular complexity index is 441. The predicted molar refractivity (Wildman–Crippen MR) is 65.2 cm³/mol. The number of carbonyl (C=O) groups is 2. The van der Waals surface area contributed by atoms with E-state index in [1.165, 1.54) is 6.20 Å². The van der Waals surface area contributed by atoms with Crippen molar-refractivity contribution in [1.82, 2.24) is 4.98 Å². The van der Waals surface area contributed by atoms with Gasteiger partial charge in [-0.1, -0.05) is 20.8 Å². The van der Waals surface area contributed by atoms with Crippen LogP contribution in [-0.2, 0) is 4.79 Å². The molecular weight excluding hydrogens is 220 g/mol. The average Bonchev–Trinajstić information content (AvgIpc) is 2.42. The minimum Gasteiger partial charge on any atom is -0.478 e. The van der Waals surface area contributed by atoms with Gasteiger partial charge in [-0.05, 0) is 12.3 Å². The van der Waals surface area contributed by atoms with Crippen LogP contribution in [0.2, 0.25) is 0 Å². The Kier molecular flexibility index (Phi) is 3.60. The maximum Gasteiger partial charge on any atom is 0.339 e. The molecule has 0 saturated heterocycles. The van der Waals surface area contributed by atoms with Crippen LogP contribution in [0.15, 0.2) is 6.20 Å². The topological polar surface area (TPSA) is 82.2 Å². The van der Waals surface area contributed by atoms with E-state index >= 15 is 0 Å². The van der Waals surface area contributed by atoms with Crippen LogP contribution < -0.4 is 5.32 Å². The Morgan fingerprint density at radius 2 is 2.00 bits per heavy atom. The number of aryl methyl sites for hydroxylation is 1. The molecule has 0 spiro atoms. The van der Waals surface area contributed by atoms with E-state index < -0.39 is 5.97 Å². The number of carboxylic acid groups (broad SMARTS) is 1. The predicted octanol–water partition coefficient (Wildman–Crippen LogP) is 2.40. The Morgan fingerprint density at radius 1 is 1.41 bits per heavy atom. The molecule has 3 N–H and O–H groups in total. The Balaban J connectivity index is 2.83. The minimum absolute atomic E-state index is 0.118. The molecular formula is C12H18N2O3. The first-order valence-corrected chi connectivity index (χ1v) is 5.42. The van der Waals surface area contributed by atoms with Gasteiger partial charge in [0.15, 0.2) is 0 Å². The molecule has 0 aliphatic heterocycles. The number of aromatic nitrogens is 1. The lowest BCUT2D eigenvalue weighted by molar-refractivity contribution is -0.117. The fraction of sp³-hybridized carbons (Fsp3) is 0.500. The number of nitrogens with one attached hydrogen (secondary N) is 2. The molecule has 1 rings (SSSR count). The van der Waals surface area contributed by atoms with E-state index in [0.717, 1.165) is 0 Å². The van der Waals surface area contributed by atoms with Crippen LogP contribution in [0, 0.1) is 12.3 Å². The van der Waals surface area contributed by atoms with Crippen molar-refractivity contribution >= 4 is 17.6 Å². The van der Waals surface area contributed by atoms with E-state index in [1.54, 1.807) is 6.92 Å². The van der Waals surface area contributed by atoms with Crippen LogP contribution in [-0.4, -0.2) is 22.0 Å². The summed E-state index contributed by atoms with van der Waals surface area (Å²) in [6, 6.07) is 0. The van der Waals surface area contributed by atoms with Crippen LogP contribution in [0.4, 0.5) is 5.69 Å². The van der Waals surface area contributed by atoms with Crippen molar-refractivity contribution in [1.29, 1.82) is 0 Å². The van der Waals surface area contributed by atoms with E-state index in [4.69, 9.17) is 5.11 Å². The number of hydrogen-bond donors (Lipinski definition) is 3. The van der Waals surface area contributed by atoms with E-state index in [0.29, 0.717) is 17.8 Å². The summed E-state index contributed by atoms with van der Waals surface area (Å²) < 4.78 is 0. The van der Waals surface area contributed by atoms with Gasteiger partial charge in [-0.2, -0.15) is 0 Å². The average molecular weight is 238 g/mol. The van der Waals surface area contributed by atoms with Crippen molar-refractivity contribution in [3.63, 3.8) is 0 Å². The summed E-state index contributed by atoms with van der Waals surface area (Å²) in [5, 5.41) is 11.6. The van der Waals surface area contributed by atoms with Gasteiger partial charge >= 0.3 is 5.97 Å². The number of anilines is 1. The van der Waals surface area contributed by atoms with Gasteiger partial charge in [-0.25, -0.2) is 4.79 Å². The van der Waals surface area contributed by atoms with E-state index in [9.17, 15) is 9.59 Å². The second-order valence-electron chi connectivity index (χ2n) is 5.29. The molecule has 1 amide bonds. The van der Waals surface area contributed by atoms with Crippen LogP contribution in [0.25, 0.3) is 0 Å². The first-order valence-electron chi connectivity index (χ1n) is 5.42. The molecule has 0 saturated carbocycles. The highest BCUT2D eigenvalue weighted by Crippen LogP contribution is 2.22. The molecule has 5 nitrogen and oxygen atoms in total. The molecule has 0 aliphatic rings. The summed E-state index contributed by atoms with van der Waals surface area (Å²) in [4.78, 5) is 25.5. The van der Waals surface area contributed by atoms with E-state index in [1.807, 2.05) is 20.8 Å². The molecule has 94 valence electrons.